The molecule has 1 aliphatic carbocycles. The predicted molar refractivity (Wildman–Crippen MR) is 85.1 cm³/mol. The van der Waals surface area contributed by atoms with Gasteiger partial charge in [-0.05, 0) is 26.0 Å². The molecule has 1 amide bonds. The maximum atomic E-state index is 12.9. The van der Waals surface area contributed by atoms with E-state index >= 15 is 0 Å². The van der Waals surface area contributed by atoms with Crippen LogP contribution in [0.1, 0.15) is 20.3 Å². The molecular formula is C17H21NO7. The van der Waals surface area contributed by atoms with E-state index in [0.29, 0.717) is 0 Å². The molecule has 1 heterocycles. The van der Waals surface area contributed by atoms with Gasteiger partial charge in [0.15, 0.2) is 5.78 Å². The molecule has 1 fully saturated rings. The molecule has 0 radical (unpaired) electrons. The molecule has 0 aromatic rings. The summed E-state index contributed by atoms with van der Waals surface area (Å²) >= 11 is 0. The summed E-state index contributed by atoms with van der Waals surface area (Å²) in [6, 6.07) is 0. The van der Waals surface area contributed by atoms with Gasteiger partial charge in [0.05, 0.1) is 26.7 Å². The lowest BCUT2D eigenvalue weighted by molar-refractivity contribution is -0.177. The van der Waals surface area contributed by atoms with Crippen LogP contribution in [0.2, 0.25) is 0 Å². The number of carbonyl (C=O) groups is 4. The van der Waals surface area contributed by atoms with Crippen LogP contribution in [0.25, 0.3) is 0 Å². The molecule has 1 unspecified atom stereocenters. The second-order valence-electron chi connectivity index (χ2n) is 5.69. The molecule has 1 atom stereocenters. The summed E-state index contributed by atoms with van der Waals surface area (Å²) in [5.41, 5.74) is -3.62. The lowest BCUT2D eigenvalue weighted by Crippen LogP contribution is -2.62. The summed E-state index contributed by atoms with van der Waals surface area (Å²) in [7, 11) is 2.74. The number of hydrogen-bond acceptors (Lipinski definition) is 7. The van der Waals surface area contributed by atoms with Crippen molar-refractivity contribution in [1.29, 1.82) is 0 Å². The van der Waals surface area contributed by atoms with Crippen molar-refractivity contribution < 1.29 is 33.4 Å². The zero-order valence-corrected chi connectivity index (χ0v) is 14.7. The number of allylic oxidation sites excluding steroid dienone is 2. The third kappa shape index (κ3) is 2.43. The van der Waals surface area contributed by atoms with Crippen LogP contribution in [0.15, 0.2) is 24.0 Å². The second kappa shape index (κ2) is 6.70. The standard InChI is InChI=1S/C17H21NO7/c1-5-24-14(21)16(15(22)25-6-2)10-13(20)18(3)17(16)8-7-11(19)9-12(17)23-4/h7-9H,5-6,10H2,1-4H3. The third-order valence-corrected chi connectivity index (χ3v) is 4.58. The number of hydrogen-bond donors (Lipinski definition) is 0. The number of rotatable bonds is 5. The van der Waals surface area contributed by atoms with Gasteiger partial charge in [0.1, 0.15) is 11.3 Å². The first-order valence-corrected chi connectivity index (χ1v) is 7.92. The molecule has 0 aromatic carbocycles. The monoisotopic (exact) mass is 351 g/mol. The fourth-order valence-corrected chi connectivity index (χ4v) is 3.43. The molecule has 25 heavy (non-hydrogen) atoms. The van der Waals surface area contributed by atoms with Gasteiger partial charge in [0.2, 0.25) is 11.3 Å². The summed E-state index contributed by atoms with van der Waals surface area (Å²) < 4.78 is 15.6. The maximum Gasteiger partial charge on any atom is 0.327 e. The molecule has 0 aromatic heterocycles. The van der Waals surface area contributed by atoms with Crippen LogP contribution in [0.3, 0.4) is 0 Å². The average Bonchev–Trinajstić information content (AvgIpc) is 2.80. The van der Waals surface area contributed by atoms with E-state index in [4.69, 9.17) is 14.2 Å². The molecule has 8 heteroatoms. The Labute approximate surface area is 145 Å². The number of esters is 2. The van der Waals surface area contributed by atoms with Gasteiger partial charge in [-0.3, -0.25) is 19.2 Å². The highest BCUT2D eigenvalue weighted by molar-refractivity contribution is 6.11. The fourth-order valence-electron chi connectivity index (χ4n) is 3.43. The van der Waals surface area contributed by atoms with E-state index in [1.54, 1.807) is 13.8 Å². The smallest absolute Gasteiger partial charge is 0.327 e. The Hall–Kier alpha value is -2.64. The average molecular weight is 351 g/mol. The summed E-state index contributed by atoms with van der Waals surface area (Å²) in [5.74, 6) is -2.63. The van der Waals surface area contributed by atoms with Crippen molar-refractivity contribution in [2.75, 3.05) is 27.4 Å². The zero-order valence-electron chi connectivity index (χ0n) is 14.7. The number of ether oxygens (including phenoxy) is 3. The van der Waals surface area contributed by atoms with Crippen LogP contribution in [-0.2, 0) is 33.4 Å². The van der Waals surface area contributed by atoms with Crippen molar-refractivity contribution in [3.05, 3.63) is 24.0 Å². The van der Waals surface area contributed by atoms with Crippen molar-refractivity contribution in [3.8, 4) is 0 Å². The van der Waals surface area contributed by atoms with Crippen LogP contribution in [0.5, 0.6) is 0 Å². The highest BCUT2D eigenvalue weighted by Crippen LogP contribution is 2.53. The number of likely N-dealkylation sites (N-methyl/N-ethyl adjacent to an activating group) is 1. The molecule has 136 valence electrons. The van der Waals surface area contributed by atoms with Crippen molar-refractivity contribution in [3.63, 3.8) is 0 Å². The van der Waals surface area contributed by atoms with Crippen LogP contribution in [-0.4, -0.2) is 61.4 Å². The van der Waals surface area contributed by atoms with Crippen LogP contribution >= 0.6 is 0 Å². The van der Waals surface area contributed by atoms with Gasteiger partial charge in [-0.25, -0.2) is 0 Å². The molecule has 8 nitrogen and oxygen atoms in total. The molecule has 2 rings (SSSR count). The Balaban J connectivity index is 2.79. The summed E-state index contributed by atoms with van der Waals surface area (Å²) in [5, 5.41) is 0. The lowest BCUT2D eigenvalue weighted by Gasteiger charge is -2.44. The van der Waals surface area contributed by atoms with E-state index in [1.807, 2.05) is 0 Å². The predicted octanol–water partition coefficient (Wildman–Crippen LogP) is 0.369. The normalized spacial score (nSPS) is 24.3. The quantitative estimate of drug-likeness (QED) is 0.521. The van der Waals surface area contributed by atoms with E-state index in [0.717, 1.165) is 6.08 Å². The van der Waals surface area contributed by atoms with E-state index in [-0.39, 0.29) is 24.8 Å². The topological polar surface area (TPSA) is 99.2 Å². The number of ketones is 1. The molecule has 1 aliphatic heterocycles. The summed E-state index contributed by atoms with van der Waals surface area (Å²) in [6.07, 6.45) is 3.25. The Kier molecular flexibility index (Phi) is 5.01. The van der Waals surface area contributed by atoms with Crippen molar-refractivity contribution in [2.45, 2.75) is 25.8 Å². The van der Waals surface area contributed by atoms with E-state index in [2.05, 4.69) is 0 Å². The molecule has 1 saturated heterocycles. The lowest BCUT2D eigenvalue weighted by atomic mass is 9.66. The Morgan fingerprint density at radius 1 is 1.16 bits per heavy atom. The zero-order chi connectivity index (χ0) is 18.8. The van der Waals surface area contributed by atoms with Crippen molar-refractivity contribution in [1.82, 2.24) is 4.90 Å². The van der Waals surface area contributed by atoms with Crippen molar-refractivity contribution >= 4 is 23.6 Å². The minimum atomic E-state index is -2.00. The number of carbonyl (C=O) groups excluding carboxylic acids is 4. The fraction of sp³-hybridized carbons (Fsp3) is 0.529. The van der Waals surface area contributed by atoms with E-state index < -0.39 is 35.2 Å². The Bertz CT molecular complexity index is 660. The van der Waals surface area contributed by atoms with Crippen LogP contribution in [0.4, 0.5) is 0 Å². The van der Waals surface area contributed by atoms with Crippen molar-refractivity contribution in [2.24, 2.45) is 5.41 Å². The highest BCUT2D eigenvalue weighted by Gasteiger charge is 2.73. The molecule has 2 aliphatic rings. The minimum absolute atomic E-state index is 0.00876. The third-order valence-electron chi connectivity index (χ3n) is 4.58. The maximum absolute atomic E-state index is 12.9. The van der Waals surface area contributed by atoms with Gasteiger partial charge in [-0.2, -0.15) is 0 Å². The number of nitrogens with zero attached hydrogens (tertiary/aromatic N) is 1. The first-order chi connectivity index (χ1) is 11.8. The number of methoxy groups -OCH3 is 1. The molecular weight excluding hydrogens is 330 g/mol. The largest absolute Gasteiger partial charge is 0.498 e. The van der Waals surface area contributed by atoms with Gasteiger partial charge in [-0.15, -0.1) is 0 Å². The Morgan fingerprint density at radius 3 is 2.20 bits per heavy atom. The van der Waals surface area contributed by atoms with Gasteiger partial charge >= 0.3 is 11.9 Å². The highest BCUT2D eigenvalue weighted by atomic mass is 16.6. The summed E-state index contributed by atoms with van der Waals surface area (Å²) in [4.78, 5) is 51.3. The van der Waals surface area contributed by atoms with Gasteiger partial charge in [-0.1, -0.05) is 0 Å². The minimum Gasteiger partial charge on any atom is -0.498 e. The first kappa shape index (κ1) is 18.7. The molecule has 0 saturated carbocycles. The van der Waals surface area contributed by atoms with Crippen LogP contribution < -0.4 is 0 Å². The van der Waals surface area contributed by atoms with Gasteiger partial charge in [0.25, 0.3) is 0 Å². The van der Waals surface area contributed by atoms with Gasteiger partial charge < -0.3 is 19.1 Å². The van der Waals surface area contributed by atoms with E-state index in [1.165, 1.54) is 31.2 Å². The second-order valence-corrected chi connectivity index (χ2v) is 5.69. The molecule has 0 N–H and O–H groups in total. The number of amides is 1. The van der Waals surface area contributed by atoms with Crippen LogP contribution in [0, 0.1) is 5.41 Å². The first-order valence-electron chi connectivity index (χ1n) is 7.92. The Morgan fingerprint density at radius 2 is 1.72 bits per heavy atom. The SMILES string of the molecule is CCOC(=O)C1(C(=O)OCC)CC(=O)N(C)C12C=CC(=O)C=C2OC. The summed E-state index contributed by atoms with van der Waals surface area (Å²) in [6.45, 7) is 3.22. The molecule has 1 spiro atoms. The number of likely N-dealkylation sites (tertiary alicyclic amines) is 1. The molecule has 0 bridgehead atoms. The van der Waals surface area contributed by atoms with Gasteiger partial charge in [0, 0.05) is 13.1 Å². The van der Waals surface area contributed by atoms with E-state index in [9.17, 15) is 19.2 Å².